The summed E-state index contributed by atoms with van der Waals surface area (Å²) in [5, 5.41) is 9.54. The van der Waals surface area contributed by atoms with Crippen LogP contribution in [0.3, 0.4) is 0 Å². The number of amides is 1. The SMILES string of the molecule is C=CC(=O)N(CO)OCCCC. The maximum atomic E-state index is 10.9. The van der Waals surface area contributed by atoms with E-state index in [4.69, 9.17) is 9.94 Å². The zero-order chi connectivity index (χ0) is 9.40. The quantitative estimate of drug-likeness (QED) is 0.278. The normalized spacial score (nSPS) is 9.50. The van der Waals surface area contributed by atoms with Gasteiger partial charge < -0.3 is 5.11 Å². The molecule has 1 N–H and O–H groups in total. The minimum absolute atomic E-state index is 0.423. The summed E-state index contributed by atoms with van der Waals surface area (Å²) in [6, 6.07) is 0. The Kier molecular flexibility index (Phi) is 6.32. The predicted molar refractivity (Wildman–Crippen MR) is 45.0 cm³/mol. The molecule has 0 aliphatic heterocycles. The zero-order valence-corrected chi connectivity index (χ0v) is 7.32. The largest absolute Gasteiger partial charge is 0.374 e. The van der Waals surface area contributed by atoms with Gasteiger partial charge in [-0.3, -0.25) is 9.63 Å². The van der Waals surface area contributed by atoms with Crippen LogP contribution in [0.2, 0.25) is 0 Å². The second-order valence-corrected chi connectivity index (χ2v) is 2.25. The molecule has 0 heterocycles. The molecule has 4 nitrogen and oxygen atoms in total. The number of unbranched alkanes of at least 4 members (excludes halogenated alkanes) is 1. The standard InChI is InChI=1S/C8H15NO3/c1-3-5-6-12-9(7-10)8(11)4-2/h4,10H,2-3,5-7H2,1H3. The van der Waals surface area contributed by atoms with Gasteiger partial charge in [0.05, 0.1) is 6.61 Å². The van der Waals surface area contributed by atoms with E-state index in [1.165, 1.54) is 0 Å². The monoisotopic (exact) mass is 173 g/mol. The summed E-state index contributed by atoms with van der Waals surface area (Å²) in [5.41, 5.74) is 0. The first-order valence-electron chi connectivity index (χ1n) is 3.94. The molecule has 70 valence electrons. The minimum atomic E-state index is -0.436. The van der Waals surface area contributed by atoms with Crippen LogP contribution in [-0.2, 0) is 9.63 Å². The van der Waals surface area contributed by atoms with Crippen LogP contribution in [0.5, 0.6) is 0 Å². The summed E-state index contributed by atoms with van der Waals surface area (Å²) in [4.78, 5) is 15.8. The first-order chi connectivity index (χ1) is 5.76. The smallest absolute Gasteiger partial charge is 0.271 e. The van der Waals surface area contributed by atoms with Crippen LogP contribution >= 0.6 is 0 Å². The number of hydroxylamine groups is 2. The Balaban J connectivity index is 3.67. The molecule has 1 amide bonds. The lowest BCUT2D eigenvalue weighted by Crippen LogP contribution is -2.30. The Morgan fingerprint density at radius 3 is 2.83 bits per heavy atom. The van der Waals surface area contributed by atoms with Crippen LogP contribution < -0.4 is 0 Å². The Bertz CT molecular complexity index is 147. The highest BCUT2D eigenvalue weighted by molar-refractivity contribution is 5.85. The van der Waals surface area contributed by atoms with Gasteiger partial charge in [0.25, 0.3) is 5.91 Å². The van der Waals surface area contributed by atoms with E-state index >= 15 is 0 Å². The van der Waals surface area contributed by atoms with Crippen LogP contribution in [0.4, 0.5) is 0 Å². The molecule has 0 saturated heterocycles. The van der Waals surface area contributed by atoms with Crippen LogP contribution in [-0.4, -0.2) is 29.4 Å². The summed E-state index contributed by atoms with van der Waals surface area (Å²) >= 11 is 0. The Hall–Kier alpha value is -0.870. The third kappa shape index (κ3) is 4.10. The molecule has 0 unspecified atom stereocenters. The molecular weight excluding hydrogens is 158 g/mol. The molecule has 0 saturated carbocycles. The number of hydrogen-bond donors (Lipinski definition) is 1. The minimum Gasteiger partial charge on any atom is -0.374 e. The van der Waals surface area contributed by atoms with Crippen molar-refractivity contribution in [2.24, 2.45) is 0 Å². The van der Waals surface area contributed by atoms with Gasteiger partial charge in [-0.25, -0.2) is 0 Å². The Labute approximate surface area is 72.4 Å². The third-order valence-electron chi connectivity index (χ3n) is 1.29. The van der Waals surface area contributed by atoms with Crippen molar-refractivity contribution in [2.45, 2.75) is 19.8 Å². The van der Waals surface area contributed by atoms with Crippen molar-refractivity contribution in [1.82, 2.24) is 5.06 Å². The number of carbonyl (C=O) groups is 1. The van der Waals surface area contributed by atoms with Gasteiger partial charge in [0.15, 0.2) is 0 Å². The molecule has 0 rings (SSSR count). The fraction of sp³-hybridized carbons (Fsp3) is 0.625. The predicted octanol–water partition coefficient (Wildman–Crippen LogP) is 0.682. The van der Waals surface area contributed by atoms with Gasteiger partial charge in [0.2, 0.25) is 0 Å². The number of rotatable bonds is 6. The lowest BCUT2D eigenvalue weighted by atomic mass is 10.4. The molecule has 0 fully saturated rings. The van der Waals surface area contributed by atoms with Crippen LogP contribution in [0.15, 0.2) is 12.7 Å². The maximum absolute atomic E-state index is 10.9. The molecule has 0 radical (unpaired) electrons. The molecule has 0 atom stereocenters. The molecular formula is C8H15NO3. The number of hydrogen-bond acceptors (Lipinski definition) is 3. The second kappa shape index (κ2) is 6.82. The highest BCUT2D eigenvalue weighted by atomic mass is 16.7. The van der Waals surface area contributed by atoms with Gasteiger partial charge in [-0.05, 0) is 12.5 Å². The molecule has 0 aliphatic rings. The summed E-state index contributed by atoms with van der Waals surface area (Å²) in [6.45, 7) is 5.30. The van der Waals surface area contributed by atoms with Crippen LogP contribution in [0, 0.1) is 0 Å². The molecule has 0 aliphatic carbocycles. The van der Waals surface area contributed by atoms with Gasteiger partial charge in [0.1, 0.15) is 6.73 Å². The van der Waals surface area contributed by atoms with E-state index in [1.807, 2.05) is 6.92 Å². The zero-order valence-electron chi connectivity index (χ0n) is 7.32. The maximum Gasteiger partial charge on any atom is 0.271 e. The Morgan fingerprint density at radius 2 is 2.42 bits per heavy atom. The lowest BCUT2D eigenvalue weighted by Gasteiger charge is -2.16. The highest BCUT2D eigenvalue weighted by Crippen LogP contribution is 1.94. The summed E-state index contributed by atoms with van der Waals surface area (Å²) in [6.07, 6.45) is 2.95. The second-order valence-electron chi connectivity index (χ2n) is 2.25. The van der Waals surface area contributed by atoms with Crippen molar-refractivity contribution in [2.75, 3.05) is 13.3 Å². The van der Waals surface area contributed by atoms with Crippen molar-refractivity contribution < 1.29 is 14.7 Å². The molecule has 4 heteroatoms. The van der Waals surface area contributed by atoms with Crippen molar-refractivity contribution in [3.63, 3.8) is 0 Å². The average Bonchev–Trinajstić information content (AvgIpc) is 2.11. The van der Waals surface area contributed by atoms with Crippen molar-refractivity contribution >= 4 is 5.91 Å². The van der Waals surface area contributed by atoms with Gasteiger partial charge in [-0.15, -0.1) is 0 Å². The van der Waals surface area contributed by atoms with Gasteiger partial charge >= 0.3 is 0 Å². The van der Waals surface area contributed by atoms with E-state index in [9.17, 15) is 4.79 Å². The molecule has 12 heavy (non-hydrogen) atoms. The molecule has 0 aromatic carbocycles. The number of nitrogens with zero attached hydrogens (tertiary/aromatic N) is 1. The van der Waals surface area contributed by atoms with Crippen molar-refractivity contribution in [1.29, 1.82) is 0 Å². The van der Waals surface area contributed by atoms with Crippen LogP contribution in [0.25, 0.3) is 0 Å². The summed E-state index contributed by atoms with van der Waals surface area (Å²) in [5.74, 6) is -0.423. The fourth-order valence-corrected chi connectivity index (χ4v) is 0.595. The lowest BCUT2D eigenvalue weighted by molar-refractivity contribution is -0.201. The number of carbonyl (C=O) groups excluding carboxylic acids is 1. The molecule has 0 aromatic heterocycles. The topological polar surface area (TPSA) is 49.8 Å². The van der Waals surface area contributed by atoms with E-state index in [2.05, 4.69) is 6.58 Å². The highest BCUT2D eigenvalue weighted by Gasteiger charge is 2.07. The number of aliphatic hydroxyl groups excluding tert-OH is 1. The number of aliphatic hydroxyl groups is 1. The first-order valence-corrected chi connectivity index (χ1v) is 3.94. The van der Waals surface area contributed by atoms with Gasteiger partial charge in [-0.2, -0.15) is 5.06 Å². The molecule has 0 aromatic rings. The third-order valence-corrected chi connectivity index (χ3v) is 1.29. The summed E-state index contributed by atoms with van der Waals surface area (Å²) < 4.78 is 0. The van der Waals surface area contributed by atoms with Crippen molar-refractivity contribution in [3.05, 3.63) is 12.7 Å². The summed E-state index contributed by atoms with van der Waals surface area (Å²) in [7, 11) is 0. The average molecular weight is 173 g/mol. The first kappa shape index (κ1) is 11.1. The van der Waals surface area contributed by atoms with E-state index in [0.717, 1.165) is 24.0 Å². The fourth-order valence-electron chi connectivity index (χ4n) is 0.595. The molecule has 0 spiro atoms. The van der Waals surface area contributed by atoms with E-state index in [0.29, 0.717) is 6.61 Å². The van der Waals surface area contributed by atoms with Crippen LogP contribution in [0.1, 0.15) is 19.8 Å². The Morgan fingerprint density at radius 1 is 1.75 bits per heavy atom. The van der Waals surface area contributed by atoms with Gasteiger partial charge in [0, 0.05) is 0 Å². The van der Waals surface area contributed by atoms with E-state index in [1.54, 1.807) is 0 Å². The van der Waals surface area contributed by atoms with E-state index in [-0.39, 0.29) is 0 Å². The van der Waals surface area contributed by atoms with E-state index < -0.39 is 12.6 Å². The van der Waals surface area contributed by atoms with Gasteiger partial charge in [-0.1, -0.05) is 19.9 Å². The van der Waals surface area contributed by atoms with Crippen molar-refractivity contribution in [3.8, 4) is 0 Å². The molecule has 0 bridgehead atoms.